The summed E-state index contributed by atoms with van der Waals surface area (Å²) in [4.78, 5) is 11.2. The first-order valence-electron chi connectivity index (χ1n) is 6.62. The van der Waals surface area contributed by atoms with Crippen LogP contribution in [0.4, 0.5) is 0 Å². The number of aryl methyl sites for hydroxylation is 1. The smallest absolute Gasteiger partial charge is 0.230 e. The molecule has 2 aromatic rings. The minimum absolute atomic E-state index is 0.0533. The lowest BCUT2D eigenvalue weighted by atomic mass is 10.2. The van der Waals surface area contributed by atoms with E-state index in [1.165, 1.54) is 11.8 Å². The molecule has 0 radical (unpaired) electrons. The Labute approximate surface area is 138 Å². The van der Waals surface area contributed by atoms with Crippen LogP contribution in [0.3, 0.4) is 0 Å². The van der Waals surface area contributed by atoms with Crippen molar-refractivity contribution in [3.63, 3.8) is 0 Å². The Hall–Kier alpha value is -1.73. The maximum atomic E-state index is 11.2. The molecule has 2 rings (SSSR count). The highest BCUT2D eigenvalue weighted by Crippen LogP contribution is 2.22. The molecule has 22 heavy (non-hydrogen) atoms. The van der Waals surface area contributed by atoms with E-state index in [0.29, 0.717) is 28.4 Å². The molecule has 0 spiro atoms. The van der Waals surface area contributed by atoms with Gasteiger partial charge in [-0.2, -0.15) is 0 Å². The monoisotopic (exact) mass is 340 g/mol. The van der Waals surface area contributed by atoms with Gasteiger partial charge >= 0.3 is 0 Å². The van der Waals surface area contributed by atoms with Crippen LogP contribution in [0.2, 0.25) is 5.02 Å². The van der Waals surface area contributed by atoms with E-state index in [2.05, 4.69) is 15.5 Å². The molecule has 0 fully saturated rings. The first-order chi connectivity index (χ1) is 10.5. The molecule has 0 saturated heterocycles. The van der Waals surface area contributed by atoms with E-state index in [1.54, 1.807) is 13.1 Å². The molecular weight excluding hydrogens is 324 g/mol. The average molecular weight is 341 g/mol. The van der Waals surface area contributed by atoms with E-state index >= 15 is 0 Å². The third-order valence-corrected chi connectivity index (χ3v) is 4.48. The van der Waals surface area contributed by atoms with Gasteiger partial charge in [0.05, 0.1) is 5.75 Å². The fourth-order valence-corrected chi connectivity index (χ4v) is 2.57. The first-order valence-corrected chi connectivity index (χ1v) is 7.98. The molecule has 1 amide bonds. The van der Waals surface area contributed by atoms with Crippen molar-refractivity contribution in [3.05, 3.63) is 34.6 Å². The van der Waals surface area contributed by atoms with Gasteiger partial charge in [-0.15, -0.1) is 10.2 Å². The topological polar surface area (TPSA) is 69.0 Å². The van der Waals surface area contributed by atoms with Gasteiger partial charge in [-0.1, -0.05) is 23.4 Å². The average Bonchev–Trinajstić information content (AvgIpc) is 2.86. The van der Waals surface area contributed by atoms with Crippen LogP contribution in [-0.2, 0) is 18.4 Å². The lowest BCUT2D eigenvalue weighted by Crippen LogP contribution is -2.20. The predicted molar refractivity (Wildman–Crippen MR) is 86.3 cm³/mol. The summed E-state index contributed by atoms with van der Waals surface area (Å²) in [6, 6.07) is 5.49. The first kappa shape index (κ1) is 16.6. The Kier molecular flexibility index (Phi) is 5.68. The van der Waals surface area contributed by atoms with Crippen LogP contribution in [0, 0.1) is 6.92 Å². The predicted octanol–water partition coefficient (Wildman–Crippen LogP) is 2.19. The zero-order valence-electron chi connectivity index (χ0n) is 12.6. The summed E-state index contributed by atoms with van der Waals surface area (Å²) < 4.78 is 7.51. The summed E-state index contributed by atoms with van der Waals surface area (Å²) in [5, 5.41) is 12.1. The minimum Gasteiger partial charge on any atom is -0.486 e. The number of amides is 1. The van der Waals surface area contributed by atoms with E-state index in [-0.39, 0.29) is 5.91 Å². The summed E-state index contributed by atoms with van der Waals surface area (Å²) in [7, 11) is 3.45. The summed E-state index contributed by atoms with van der Waals surface area (Å²) in [5.41, 5.74) is 0.957. The number of carbonyl (C=O) groups excluding carboxylic acids is 1. The second-order valence-electron chi connectivity index (χ2n) is 4.62. The van der Waals surface area contributed by atoms with E-state index in [9.17, 15) is 4.79 Å². The zero-order valence-corrected chi connectivity index (χ0v) is 14.2. The molecule has 1 aromatic heterocycles. The lowest BCUT2D eigenvalue weighted by molar-refractivity contribution is -0.118. The molecule has 1 N–H and O–H groups in total. The molecule has 1 aromatic carbocycles. The number of benzene rings is 1. The Balaban J connectivity index is 1.97. The largest absolute Gasteiger partial charge is 0.486 e. The number of rotatable bonds is 6. The van der Waals surface area contributed by atoms with Crippen LogP contribution in [0.25, 0.3) is 0 Å². The van der Waals surface area contributed by atoms with Crippen molar-refractivity contribution in [3.8, 4) is 5.75 Å². The molecule has 8 heteroatoms. The van der Waals surface area contributed by atoms with Gasteiger partial charge in [0.25, 0.3) is 0 Å². The molecule has 1 heterocycles. The van der Waals surface area contributed by atoms with Crippen LogP contribution in [-0.4, -0.2) is 33.5 Å². The van der Waals surface area contributed by atoms with Gasteiger partial charge in [0, 0.05) is 19.1 Å². The minimum atomic E-state index is -0.0533. The number of halogens is 1. The number of hydrogen-bond donors (Lipinski definition) is 1. The highest BCUT2D eigenvalue weighted by atomic mass is 35.5. The molecule has 6 nitrogen and oxygen atoms in total. The molecule has 0 saturated carbocycles. The van der Waals surface area contributed by atoms with Gasteiger partial charge < -0.3 is 14.6 Å². The molecule has 118 valence electrons. The van der Waals surface area contributed by atoms with Gasteiger partial charge in [-0.05, 0) is 30.7 Å². The lowest BCUT2D eigenvalue weighted by Gasteiger charge is -2.08. The van der Waals surface area contributed by atoms with E-state index in [1.807, 2.05) is 30.7 Å². The SMILES string of the molecule is CNC(=O)CSc1nnc(COc2ccc(Cl)c(C)c2)n1C. The van der Waals surface area contributed by atoms with Gasteiger partial charge in [-0.3, -0.25) is 4.79 Å². The van der Waals surface area contributed by atoms with Gasteiger partial charge in [0.15, 0.2) is 11.0 Å². The molecule has 0 bridgehead atoms. The van der Waals surface area contributed by atoms with E-state index in [0.717, 1.165) is 11.3 Å². The maximum Gasteiger partial charge on any atom is 0.230 e. The van der Waals surface area contributed by atoms with Gasteiger partial charge in [0.1, 0.15) is 12.4 Å². The Morgan fingerprint density at radius 2 is 2.23 bits per heavy atom. The third kappa shape index (κ3) is 4.14. The van der Waals surface area contributed by atoms with Crippen LogP contribution >= 0.6 is 23.4 Å². The number of nitrogens with one attached hydrogen (secondary N) is 1. The van der Waals surface area contributed by atoms with Gasteiger partial charge in [-0.25, -0.2) is 0 Å². The van der Waals surface area contributed by atoms with E-state index < -0.39 is 0 Å². The van der Waals surface area contributed by atoms with Crippen molar-refractivity contribution in [2.24, 2.45) is 7.05 Å². The van der Waals surface area contributed by atoms with Crippen molar-refractivity contribution < 1.29 is 9.53 Å². The van der Waals surface area contributed by atoms with Crippen LogP contribution in [0.5, 0.6) is 5.75 Å². The van der Waals surface area contributed by atoms with Crippen molar-refractivity contribution >= 4 is 29.3 Å². The molecule has 0 unspecified atom stereocenters. The molecule has 0 atom stereocenters. The van der Waals surface area contributed by atoms with Gasteiger partial charge in [0.2, 0.25) is 5.91 Å². The fraction of sp³-hybridized carbons (Fsp3) is 0.357. The molecule has 0 aliphatic heterocycles. The van der Waals surface area contributed by atoms with Crippen LogP contribution in [0.15, 0.2) is 23.4 Å². The quantitative estimate of drug-likeness (QED) is 0.816. The number of nitrogens with zero attached hydrogens (tertiary/aromatic N) is 3. The van der Waals surface area contributed by atoms with Crippen LogP contribution < -0.4 is 10.1 Å². The Bertz CT molecular complexity index is 675. The number of hydrogen-bond acceptors (Lipinski definition) is 5. The third-order valence-electron chi connectivity index (χ3n) is 3.03. The number of ether oxygens (including phenoxy) is 1. The van der Waals surface area contributed by atoms with Crippen LogP contribution in [0.1, 0.15) is 11.4 Å². The summed E-state index contributed by atoms with van der Waals surface area (Å²) >= 11 is 7.31. The maximum absolute atomic E-state index is 11.2. The second-order valence-corrected chi connectivity index (χ2v) is 5.97. The summed E-state index contributed by atoms with van der Waals surface area (Å²) in [5.74, 6) is 1.67. The molecule has 0 aliphatic carbocycles. The molecule has 0 aliphatic rings. The van der Waals surface area contributed by atoms with Crippen molar-refractivity contribution in [1.82, 2.24) is 20.1 Å². The van der Waals surface area contributed by atoms with Crippen molar-refractivity contribution in [2.45, 2.75) is 18.7 Å². The Morgan fingerprint density at radius 3 is 2.91 bits per heavy atom. The fourth-order valence-electron chi connectivity index (χ4n) is 1.65. The van der Waals surface area contributed by atoms with Crippen molar-refractivity contribution in [2.75, 3.05) is 12.8 Å². The number of thioether (sulfide) groups is 1. The number of carbonyl (C=O) groups is 1. The number of aromatic nitrogens is 3. The Morgan fingerprint density at radius 1 is 1.45 bits per heavy atom. The molecular formula is C14H17ClN4O2S. The summed E-state index contributed by atoms with van der Waals surface area (Å²) in [6.07, 6.45) is 0. The zero-order chi connectivity index (χ0) is 16.1. The van der Waals surface area contributed by atoms with Crippen molar-refractivity contribution in [1.29, 1.82) is 0 Å². The van der Waals surface area contributed by atoms with E-state index in [4.69, 9.17) is 16.3 Å². The standard InChI is InChI=1S/C14H17ClN4O2S/c1-9-6-10(4-5-11(9)15)21-7-12-17-18-14(19(12)3)22-8-13(20)16-2/h4-6H,7-8H2,1-3H3,(H,16,20). The normalized spacial score (nSPS) is 10.5. The second kappa shape index (κ2) is 7.51. The summed E-state index contributed by atoms with van der Waals surface area (Å²) in [6.45, 7) is 2.22. The highest BCUT2D eigenvalue weighted by molar-refractivity contribution is 7.99. The highest BCUT2D eigenvalue weighted by Gasteiger charge is 2.11.